The lowest BCUT2D eigenvalue weighted by Crippen LogP contribution is -2.24. The molecule has 0 spiro atoms. The fraction of sp³-hybridized carbons (Fsp3) is 0.167. The van der Waals surface area contributed by atoms with E-state index >= 15 is 0 Å². The highest BCUT2D eigenvalue weighted by Crippen LogP contribution is 2.19. The zero-order chi connectivity index (χ0) is 13.0. The highest BCUT2D eigenvalue weighted by molar-refractivity contribution is 6.31. The van der Waals surface area contributed by atoms with Gasteiger partial charge in [-0.25, -0.2) is 4.39 Å². The van der Waals surface area contributed by atoms with Crippen LogP contribution in [-0.4, -0.2) is 16.1 Å². The van der Waals surface area contributed by atoms with Gasteiger partial charge in [-0.15, -0.1) is 0 Å². The topological polar surface area (TPSA) is 57.8 Å². The highest BCUT2D eigenvalue weighted by Gasteiger charge is 2.11. The minimum absolute atomic E-state index is 0.0800. The monoisotopic (exact) mass is 267 g/mol. The van der Waals surface area contributed by atoms with Gasteiger partial charge in [-0.2, -0.15) is 5.10 Å². The summed E-state index contributed by atoms with van der Waals surface area (Å²) in [5, 5.41) is 9.32. The maximum absolute atomic E-state index is 13.4. The molecule has 0 bridgehead atoms. The summed E-state index contributed by atoms with van der Waals surface area (Å²) in [6, 6.07) is 4.35. The number of rotatable bonds is 4. The van der Waals surface area contributed by atoms with Crippen LogP contribution in [-0.2, 0) is 17.8 Å². The Labute approximate surface area is 108 Å². The average Bonchev–Trinajstić information content (AvgIpc) is 2.84. The molecule has 0 unspecified atom stereocenters. The number of nitrogens with one attached hydrogen (secondary N) is 2. The molecule has 0 fully saturated rings. The van der Waals surface area contributed by atoms with Gasteiger partial charge in [-0.05, 0) is 12.1 Å². The number of halogens is 2. The molecular weight excluding hydrogens is 257 g/mol. The molecule has 0 aliphatic heterocycles. The third-order valence-electron chi connectivity index (χ3n) is 2.44. The lowest BCUT2D eigenvalue weighted by Gasteiger charge is -2.06. The van der Waals surface area contributed by atoms with Gasteiger partial charge in [0.05, 0.1) is 12.6 Å². The third-order valence-corrected chi connectivity index (χ3v) is 2.80. The maximum Gasteiger partial charge on any atom is 0.224 e. The van der Waals surface area contributed by atoms with E-state index in [4.69, 9.17) is 11.6 Å². The van der Waals surface area contributed by atoms with Gasteiger partial charge < -0.3 is 5.32 Å². The minimum atomic E-state index is -0.471. The molecule has 1 amide bonds. The lowest BCUT2D eigenvalue weighted by atomic mass is 10.1. The molecule has 1 aromatic carbocycles. The van der Waals surface area contributed by atoms with Gasteiger partial charge in [-0.1, -0.05) is 17.7 Å². The Hall–Kier alpha value is -1.88. The predicted molar refractivity (Wildman–Crippen MR) is 65.5 cm³/mol. The molecule has 0 saturated carbocycles. The van der Waals surface area contributed by atoms with Crippen molar-refractivity contribution in [1.82, 2.24) is 15.5 Å². The van der Waals surface area contributed by atoms with Gasteiger partial charge in [0.2, 0.25) is 5.91 Å². The maximum atomic E-state index is 13.4. The average molecular weight is 268 g/mol. The summed E-state index contributed by atoms with van der Waals surface area (Å²) in [7, 11) is 0. The normalized spacial score (nSPS) is 10.3. The van der Waals surface area contributed by atoms with Crippen molar-refractivity contribution in [2.45, 2.75) is 13.0 Å². The quantitative estimate of drug-likeness (QED) is 0.891. The van der Waals surface area contributed by atoms with Gasteiger partial charge in [0.15, 0.2) is 0 Å². The van der Waals surface area contributed by atoms with Crippen LogP contribution < -0.4 is 5.32 Å². The number of hydrogen-bond acceptors (Lipinski definition) is 2. The van der Waals surface area contributed by atoms with E-state index in [9.17, 15) is 9.18 Å². The fourth-order valence-electron chi connectivity index (χ4n) is 1.50. The van der Waals surface area contributed by atoms with Crippen molar-refractivity contribution in [3.05, 3.63) is 52.6 Å². The summed E-state index contributed by atoms with van der Waals surface area (Å²) in [6.07, 6.45) is 3.20. The van der Waals surface area contributed by atoms with Crippen LogP contribution in [0.15, 0.2) is 30.6 Å². The number of H-pyrrole nitrogens is 1. The van der Waals surface area contributed by atoms with E-state index in [0.717, 1.165) is 5.56 Å². The number of carbonyl (C=O) groups excluding carboxylic acids is 1. The van der Waals surface area contributed by atoms with Crippen molar-refractivity contribution < 1.29 is 9.18 Å². The fourth-order valence-corrected chi connectivity index (χ4v) is 1.73. The molecule has 94 valence electrons. The van der Waals surface area contributed by atoms with E-state index in [1.807, 2.05) is 0 Å². The largest absolute Gasteiger partial charge is 0.352 e. The molecule has 2 rings (SSSR count). The van der Waals surface area contributed by atoms with Crippen LogP contribution >= 0.6 is 11.6 Å². The molecule has 0 atom stereocenters. The molecule has 0 saturated heterocycles. The van der Waals surface area contributed by atoms with Crippen molar-refractivity contribution in [2.24, 2.45) is 0 Å². The number of carbonyl (C=O) groups is 1. The molecule has 0 radical (unpaired) electrons. The SMILES string of the molecule is O=C(Cc1c(F)cccc1Cl)NCc1cn[nH]c1. The summed E-state index contributed by atoms with van der Waals surface area (Å²) in [6.45, 7) is 0.349. The predicted octanol–water partition coefficient (Wildman–Crippen LogP) is 2.06. The van der Waals surface area contributed by atoms with Crippen molar-refractivity contribution in [3.8, 4) is 0 Å². The van der Waals surface area contributed by atoms with E-state index in [2.05, 4.69) is 15.5 Å². The zero-order valence-corrected chi connectivity index (χ0v) is 10.2. The van der Waals surface area contributed by atoms with Crippen molar-refractivity contribution >= 4 is 17.5 Å². The first-order chi connectivity index (χ1) is 8.66. The van der Waals surface area contributed by atoms with Gasteiger partial charge >= 0.3 is 0 Å². The zero-order valence-electron chi connectivity index (χ0n) is 9.41. The van der Waals surface area contributed by atoms with Gasteiger partial charge in [0.1, 0.15) is 5.82 Å². The molecule has 0 aliphatic carbocycles. The molecule has 18 heavy (non-hydrogen) atoms. The lowest BCUT2D eigenvalue weighted by molar-refractivity contribution is -0.120. The smallest absolute Gasteiger partial charge is 0.224 e. The van der Waals surface area contributed by atoms with Crippen LogP contribution in [0.4, 0.5) is 4.39 Å². The second kappa shape index (κ2) is 5.64. The minimum Gasteiger partial charge on any atom is -0.352 e. The Morgan fingerprint density at radius 3 is 3.00 bits per heavy atom. The first-order valence-corrected chi connectivity index (χ1v) is 5.72. The van der Waals surface area contributed by atoms with Crippen LogP contribution in [0, 0.1) is 5.82 Å². The molecular formula is C12H11ClFN3O. The standard InChI is InChI=1S/C12H11ClFN3O/c13-10-2-1-3-11(14)9(10)4-12(18)15-5-8-6-16-17-7-8/h1-3,6-7H,4-5H2,(H,15,18)(H,16,17). The first kappa shape index (κ1) is 12.6. The van der Waals surface area contributed by atoms with E-state index in [-0.39, 0.29) is 22.9 Å². The Morgan fingerprint density at radius 1 is 1.50 bits per heavy atom. The van der Waals surface area contributed by atoms with Crippen LogP contribution in [0.3, 0.4) is 0 Å². The molecule has 2 aromatic rings. The number of aromatic amines is 1. The van der Waals surface area contributed by atoms with Gasteiger partial charge in [0.25, 0.3) is 0 Å². The Bertz CT molecular complexity index is 522. The number of aromatic nitrogens is 2. The second-order valence-corrected chi connectivity index (χ2v) is 4.17. The third kappa shape index (κ3) is 3.07. The first-order valence-electron chi connectivity index (χ1n) is 5.34. The summed E-state index contributed by atoms with van der Waals surface area (Å²) in [5.74, 6) is -0.760. The summed E-state index contributed by atoms with van der Waals surface area (Å²) in [5.41, 5.74) is 1.06. The van der Waals surface area contributed by atoms with Crippen LogP contribution in [0.5, 0.6) is 0 Å². The van der Waals surface area contributed by atoms with E-state index in [1.165, 1.54) is 12.1 Å². The molecule has 2 N–H and O–H groups in total. The summed E-state index contributed by atoms with van der Waals surface area (Å²) < 4.78 is 13.4. The molecule has 4 nitrogen and oxygen atoms in total. The Morgan fingerprint density at radius 2 is 2.33 bits per heavy atom. The van der Waals surface area contributed by atoms with Crippen LogP contribution in [0.2, 0.25) is 5.02 Å². The molecule has 0 aliphatic rings. The van der Waals surface area contributed by atoms with E-state index in [1.54, 1.807) is 18.5 Å². The second-order valence-electron chi connectivity index (χ2n) is 3.76. The van der Waals surface area contributed by atoms with E-state index in [0.29, 0.717) is 6.54 Å². The van der Waals surface area contributed by atoms with E-state index < -0.39 is 5.82 Å². The molecule has 1 aromatic heterocycles. The highest BCUT2D eigenvalue weighted by atomic mass is 35.5. The van der Waals surface area contributed by atoms with Crippen molar-refractivity contribution in [1.29, 1.82) is 0 Å². The van der Waals surface area contributed by atoms with Gasteiger partial charge in [-0.3, -0.25) is 9.89 Å². The summed E-state index contributed by atoms with van der Waals surface area (Å²) >= 11 is 5.84. The molecule has 6 heteroatoms. The Balaban J connectivity index is 1.95. The number of amides is 1. The van der Waals surface area contributed by atoms with Crippen LogP contribution in [0.1, 0.15) is 11.1 Å². The molecule has 1 heterocycles. The van der Waals surface area contributed by atoms with Crippen molar-refractivity contribution in [3.63, 3.8) is 0 Å². The Kier molecular flexibility index (Phi) is 3.94. The number of nitrogens with zero attached hydrogens (tertiary/aromatic N) is 1. The number of hydrogen-bond donors (Lipinski definition) is 2. The number of benzene rings is 1. The van der Waals surface area contributed by atoms with Crippen molar-refractivity contribution in [2.75, 3.05) is 0 Å². The van der Waals surface area contributed by atoms with Gasteiger partial charge in [0, 0.05) is 28.9 Å². The summed E-state index contributed by atoms with van der Waals surface area (Å²) in [4.78, 5) is 11.6. The van der Waals surface area contributed by atoms with Crippen LogP contribution in [0.25, 0.3) is 0 Å².